The summed E-state index contributed by atoms with van der Waals surface area (Å²) in [4.78, 5) is 114. The maximum atomic E-state index is 14.1. The molecule has 2 aliphatic carbocycles. The van der Waals surface area contributed by atoms with Gasteiger partial charge < -0.3 is 58.8 Å². The Morgan fingerprint density at radius 3 is 2.29 bits per heavy atom. The lowest BCUT2D eigenvalue weighted by Gasteiger charge is -2.58. The van der Waals surface area contributed by atoms with E-state index in [1.54, 1.807) is 13.8 Å². The molecular formula is C46H62N2O18S2. The van der Waals surface area contributed by atoms with E-state index in [2.05, 4.69) is 10.6 Å². The van der Waals surface area contributed by atoms with Gasteiger partial charge in [-0.15, -0.1) is 0 Å². The molecule has 5 aliphatic rings. The number of carbonyl (C=O) groups is 9. The Balaban J connectivity index is 1.19. The van der Waals surface area contributed by atoms with E-state index in [0.29, 0.717) is 32.3 Å². The zero-order chi connectivity index (χ0) is 49.8. The van der Waals surface area contributed by atoms with Crippen molar-refractivity contribution in [1.82, 2.24) is 10.6 Å². The number of ether oxygens (including phenoxy) is 7. The number of cyclic esters (lactones) is 2. The molecule has 2 bridgehead atoms. The van der Waals surface area contributed by atoms with E-state index in [1.807, 2.05) is 19.9 Å². The van der Waals surface area contributed by atoms with E-state index in [9.17, 15) is 48.3 Å². The first kappa shape index (κ1) is 54.0. The van der Waals surface area contributed by atoms with E-state index >= 15 is 0 Å². The van der Waals surface area contributed by atoms with Gasteiger partial charge in [0.2, 0.25) is 17.9 Å². The average molecular weight is 995 g/mol. The van der Waals surface area contributed by atoms with Crippen molar-refractivity contribution in [2.24, 2.45) is 22.7 Å². The van der Waals surface area contributed by atoms with Gasteiger partial charge in [0.15, 0.2) is 0 Å². The maximum absolute atomic E-state index is 14.1. The van der Waals surface area contributed by atoms with Crippen molar-refractivity contribution in [3.63, 3.8) is 0 Å². The zero-order valence-corrected chi connectivity index (χ0v) is 40.5. The van der Waals surface area contributed by atoms with Crippen LogP contribution in [0.15, 0.2) is 36.0 Å². The summed E-state index contributed by atoms with van der Waals surface area (Å²) in [5, 5.41) is 23.9. The fraction of sp³-hybridized carbons (Fsp3) is 0.674. The number of rotatable bonds is 19. The summed E-state index contributed by atoms with van der Waals surface area (Å²) >= 11 is 0. The molecule has 11 atom stereocenters. The molecule has 1 saturated carbocycles. The second-order valence-corrected chi connectivity index (χ2v) is 20.6. The van der Waals surface area contributed by atoms with Crippen LogP contribution in [0, 0.1) is 22.7 Å². The van der Waals surface area contributed by atoms with Gasteiger partial charge in [-0.2, -0.15) is 0 Å². The Labute approximate surface area is 402 Å². The number of ketones is 1. The van der Waals surface area contributed by atoms with Crippen LogP contribution in [0.3, 0.4) is 0 Å². The second kappa shape index (κ2) is 24.1. The van der Waals surface area contributed by atoms with Gasteiger partial charge in [0.1, 0.15) is 42.8 Å². The summed E-state index contributed by atoms with van der Waals surface area (Å²) in [5.41, 5.74) is -1.48. The van der Waals surface area contributed by atoms with Gasteiger partial charge in [0, 0.05) is 60.2 Å². The summed E-state index contributed by atoms with van der Waals surface area (Å²) < 4.78 is 41.2. The first-order valence-electron chi connectivity index (χ1n) is 22.7. The van der Waals surface area contributed by atoms with Crippen molar-refractivity contribution < 1.29 is 86.5 Å². The van der Waals surface area contributed by atoms with Crippen molar-refractivity contribution in [2.75, 3.05) is 37.9 Å². The minimum absolute atomic E-state index is 0.0292. The van der Waals surface area contributed by atoms with Crippen molar-refractivity contribution >= 4 is 75.2 Å². The number of amides is 2. The molecule has 0 aromatic carbocycles. The number of esters is 3. The fourth-order valence-electron chi connectivity index (χ4n) is 9.45. The number of Topliss-reactive ketones (excluding diaryl/α,β-unsaturated/α-hetero) is 1. The Kier molecular flexibility index (Phi) is 19.1. The van der Waals surface area contributed by atoms with Crippen LogP contribution in [0.25, 0.3) is 0 Å². The number of nitrogens with one attached hydrogen (secondary N) is 2. The molecule has 22 heteroatoms. The summed E-state index contributed by atoms with van der Waals surface area (Å²) in [7, 11) is 2.16. The SMILES string of the molecule is CC[C@@H](CCC(=O)O)C(=O)N[C@@H](CCC(C)=O)C(=O)N[C@@H](CSSCCOC(=O)O[C@@H]1C(=O)OC[C@]23CCC(C)=C[C@H]2O[C@@H]2C[C@@H](OC(=O)/C=C\C=C\C(=O)OCC[C@H]1C)[C@@]3(C)[C@]21CO1)C(=O)O. The number of hydrogen-bond donors (Lipinski definition) is 4. The van der Waals surface area contributed by atoms with Crippen LogP contribution in [0.2, 0.25) is 0 Å². The van der Waals surface area contributed by atoms with Gasteiger partial charge in [-0.1, -0.05) is 66.2 Å². The van der Waals surface area contributed by atoms with Crippen molar-refractivity contribution in [1.29, 1.82) is 0 Å². The number of carbonyl (C=O) groups excluding carboxylic acids is 7. The standard InChI is InChI=1S/C46H62N2O18S2/c1-6-29(12-14-35(50)51)39(54)47-30(13-11-28(4)49)40(55)48-31(41(56)57)23-68-67-20-19-61-43(59)66-38-27(3)16-18-60-36(52)9-7-8-10-37(53)65-32-22-34-46(25-63-46)44(32,5)45(24-62-42(38)58)17-15-26(2)21-33(45)64-34/h7-10,21,27,29-34,38H,6,11-20,22-25H2,1-5H3,(H,47,54)(H,48,55)(H,50,51)(H,56,57)/b9-7+,10-8-/t27-,29+,30+,31+,32-,33-,34-,38+,44-,45-,46+/m1/s1. The third-order valence-corrected chi connectivity index (χ3v) is 16.0. The molecule has 376 valence electrons. The van der Waals surface area contributed by atoms with E-state index in [1.165, 1.54) is 25.2 Å². The third kappa shape index (κ3) is 13.0. The summed E-state index contributed by atoms with van der Waals surface area (Å²) in [5.74, 6) is -7.84. The van der Waals surface area contributed by atoms with Crippen LogP contribution in [-0.4, -0.2) is 144 Å². The topological polar surface area (TPSA) is 286 Å². The lowest BCUT2D eigenvalue weighted by molar-refractivity contribution is -0.234. The van der Waals surface area contributed by atoms with Crippen LogP contribution in [0.4, 0.5) is 4.79 Å². The highest BCUT2D eigenvalue weighted by Gasteiger charge is 2.83. The molecule has 0 radical (unpaired) electrons. The molecule has 68 heavy (non-hydrogen) atoms. The predicted octanol–water partition coefficient (Wildman–Crippen LogP) is 4.03. The Hall–Kier alpha value is -4.93. The van der Waals surface area contributed by atoms with Gasteiger partial charge >= 0.3 is 36.0 Å². The maximum Gasteiger partial charge on any atom is 0.509 e. The highest BCUT2D eigenvalue weighted by Crippen LogP contribution is 2.72. The Bertz CT molecular complexity index is 2020. The minimum atomic E-state index is -1.51. The van der Waals surface area contributed by atoms with E-state index in [4.69, 9.17) is 38.3 Å². The molecule has 0 aromatic heterocycles. The molecule has 2 spiro atoms. The van der Waals surface area contributed by atoms with Crippen LogP contribution < -0.4 is 10.6 Å². The molecule has 0 unspecified atom stereocenters. The quantitative estimate of drug-likeness (QED) is 0.0355. The normalized spacial score (nSPS) is 31.3. The van der Waals surface area contributed by atoms with Crippen molar-refractivity contribution in [3.05, 3.63) is 36.0 Å². The van der Waals surface area contributed by atoms with Crippen molar-refractivity contribution in [2.45, 2.75) is 135 Å². The molecule has 2 amide bonds. The highest BCUT2D eigenvalue weighted by atomic mass is 33.1. The monoisotopic (exact) mass is 994 g/mol. The lowest BCUT2D eigenvalue weighted by atomic mass is 9.51. The number of carboxylic acids is 2. The molecule has 0 aromatic rings. The van der Waals surface area contributed by atoms with Gasteiger partial charge in [0.05, 0.1) is 30.8 Å². The molecule has 4 N–H and O–H groups in total. The van der Waals surface area contributed by atoms with Crippen molar-refractivity contribution in [3.8, 4) is 0 Å². The molecule has 3 aliphatic heterocycles. The Morgan fingerprint density at radius 2 is 1.63 bits per heavy atom. The smallest absolute Gasteiger partial charge is 0.481 e. The summed E-state index contributed by atoms with van der Waals surface area (Å²) in [6.45, 7) is 8.39. The van der Waals surface area contributed by atoms with E-state index in [0.717, 1.165) is 33.2 Å². The molecule has 20 nitrogen and oxygen atoms in total. The van der Waals surface area contributed by atoms with E-state index in [-0.39, 0.29) is 69.2 Å². The number of allylic oxidation sites excluding steroid dienone is 3. The first-order chi connectivity index (χ1) is 32.3. The third-order valence-electron chi connectivity index (χ3n) is 13.6. The number of aliphatic carboxylic acids is 2. The van der Waals surface area contributed by atoms with E-state index < -0.39 is 113 Å². The van der Waals surface area contributed by atoms with Crippen LogP contribution >= 0.6 is 21.6 Å². The highest BCUT2D eigenvalue weighted by molar-refractivity contribution is 8.76. The first-order valence-corrected chi connectivity index (χ1v) is 25.2. The average Bonchev–Trinajstić information content (AvgIpc) is 4.07. The number of carboxylic acid groups (broad SMARTS) is 2. The number of hydrogen-bond acceptors (Lipinski definition) is 18. The molecule has 2 saturated heterocycles. The van der Waals surface area contributed by atoms with Crippen LogP contribution in [-0.2, 0) is 71.5 Å². The summed E-state index contributed by atoms with van der Waals surface area (Å²) in [6, 6.07) is -2.67. The lowest BCUT2D eigenvalue weighted by Crippen LogP contribution is -2.67. The largest absolute Gasteiger partial charge is 0.509 e. The molecule has 3 heterocycles. The Morgan fingerprint density at radius 1 is 0.926 bits per heavy atom. The van der Waals surface area contributed by atoms with Crippen LogP contribution in [0.1, 0.15) is 92.4 Å². The van der Waals surface area contributed by atoms with Crippen LogP contribution in [0.5, 0.6) is 0 Å². The minimum Gasteiger partial charge on any atom is -0.481 e. The zero-order valence-electron chi connectivity index (χ0n) is 38.9. The van der Waals surface area contributed by atoms with Gasteiger partial charge in [-0.25, -0.2) is 24.0 Å². The van der Waals surface area contributed by atoms with Gasteiger partial charge in [-0.3, -0.25) is 14.4 Å². The van der Waals surface area contributed by atoms with Gasteiger partial charge in [-0.05, 0) is 52.4 Å². The van der Waals surface area contributed by atoms with Gasteiger partial charge in [0.25, 0.3) is 0 Å². The number of epoxide rings is 1. The molecule has 3 fully saturated rings. The molecule has 5 rings (SSSR count). The summed E-state index contributed by atoms with van der Waals surface area (Å²) in [6.07, 6.45) is 4.26. The second-order valence-electron chi connectivity index (χ2n) is 18.0. The predicted molar refractivity (Wildman–Crippen MR) is 243 cm³/mol. The molecular weight excluding hydrogens is 933 g/mol. The fourth-order valence-corrected chi connectivity index (χ4v) is 11.4.